The highest BCUT2D eigenvalue weighted by molar-refractivity contribution is 14.0. The second-order valence-electron chi connectivity index (χ2n) is 7.72. The maximum Gasteiger partial charge on any atom is 0.191 e. The summed E-state index contributed by atoms with van der Waals surface area (Å²) in [5.41, 5.74) is -0.235. The molecule has 26 heavy (non-hydrogen) atoms. The number of nitrogens with one attached hydrogen (secondary N) is 2. The molecule has 2 rings (SSSR count). The molecule has 1 saturated carbocycles. The number of aryl methyl sites for hydroxylation is 1. The lowest BCUT2D eigenvalue weighted by Crippen LogP contribution is -2.39. The van der Waals surface area contributed by atoms with Crippen molar-refractivity contribution >= 4 is 29.9 Å². The Bertz CT molecular complexity index is 558. The second kappa shape index (κ2) is 11.1. The van der Waals surface area contributed by atoms with Crippen LogP contribution in [0.2, 0.25) is 0 Å². The first-order valence-corrected chi connectivity index (χ1v) is 9.64. The summed E-state index contributed by atoms with van der Waals surface area (Å²) < 4.78 is 1.70. The highest BCUT2D eigenvalue weighted by Gasteiger charge is 2.24. The molecule has 0 aliphatic heterocycles. The quantitative estimate of drug-likeness (QED) is 0.321. The van der Waals surface area contributed by atoms with Crippen LogP contribution in [0.15, 0.2) is 17.4 Å². The van der Waals surface area contributed by atoms with Crippen molar-refractivity contribution in [1.29, 1.82) is 0 Å². The molecule has 3 N–H and O–H groups in total. The first-order valence-electron chi connectivity index (χ1n) is 9.64. The smallest absolute Gasteiger partial charge is 0.191 e. The van der Waals surface area contributed by atoms with E-state index in [4.69, 9.17) is 0 Å². The molecular weight excluding hydrogens is 441 g/mol. The van der Waals surface area contributed by atoms with E-state index in [2.05, 4.69) is 34.6 Å². The Morgan fingerprint density at radius 3 is 2.81 bits per heavy atom. The number of hydrogen-bond acceptors (Lipinski definition) is 3. The fourth-order valence-electron chi connectivity index (χ4n) is 3.58. The molecule has 0 spiro atoms. The van der Waals surface area contributed by atoms with Gasteiger partial charge in [0.25, 0.3) is 0 Å². The largest absolute Gasteiger partial charge is 0.383 e. The summed E-state index contributed by atoms with van der Waals surface area (Å²) in [6.45, 7) is 8.24. The lowest BCUT2D eigenvalue weighted by molar-refractivity contribution is 0.0671. The van der Waals surface area contributed by atoms with Gasteiger partial charge >= 0.3 is 0 Å². The summed E-state index contributed by atoms with van der Waals surface area (Å²) in [6.07, 6.45) is 10.2. The minimum atomic E-state index is -1.02. The topological polar surface area (TPSA) is 74.5 Å². The Hall–Kier alpha value is -0.830. The molecule has 3 atom stereocenters. The fourth-order valence-corrected chi connectivity index (χ4v) is 3.58. The molecule has 1 fully saturated rings. The number of aliphatic hydroxyl groups is 1. The molecule has 0 saturated heterocycles. The van der Waals surface area contributed by atoms with Gasteiger partial charge in [-0.05, 0) is 38.5 Å². The van der Waals surface area contributed by atoms with E-state index in [9.17, 15) is 5.11 Å². The third kappa shape index (κ3) is 7.42. The van der Waals surface area contributed by atoms with Gasteiger partial charge in [0.15, 0.2) is 5.96 Å². The van der Waals surface area contributed by atoms with Crippen LogP contribution in [-0.2, 0) is 12.6 Å². The summed E-state index contributed by atoms with van der Waals surface area (Å²) in [5, 5.41) is 21.5. The van der Waals surface area contributed by atoms with E-state index in [1.54, 1.807) is 17.8 Å². The third-order valence-electron chi connectivity index (χ3n) is 5.11. The Balaban J connectivity index is 0.00000338. The fraction of sp³-hybridized carbons (Fsp3) is 0.789. The maximum absolute atomic E-state index is 10.7. The van der Waals surface area contributed by atoms with E-state index in [0.717, 1.165) is 36.4 Å². The number of halogens is 1. The van der Waals surface area contributed by atoms with Crippen LogP contribution in [0.5, 0.6) is 0 Å². The summed E-state index contributed by atoms with van der Waals surface area (Å²) in [6, 6.07) is 0. The molecule has 7 heteroatoms. The van der Waals surface area contributed by atoms with E-state index in [1.165, 1.54) is 32.1 Å². The van der Waals surface area contributed by atoms with Gasteiger partial charge in [-0.1, -0.05) is 26.2 Å². The Labute approximate surface area is 175 Å². The van der Waals surface area contributed by atoms with Gasteiger partial charge in [-0.3, -0.25) is 4.68 Å². The first-order chi connectivity index (χ1) is 11.9. The molecule has 1 aliphatic rings. The van der Waals surface area contributed by atoms with Crippen molar-refractivity contribution in [2.75, 3.05) is 19.6 Å². The summed E-state index contributed by atoms with van der Waals surface area (Å²) in [7, 11) is 1.85. The van der Waals surface area contributed by atoms with E-state index in [0.29, 0.717) is 6.54 Å². The van der Waals surface area contributed by atoms with E-state index < -0.39 is 5.60 Å². The lowest BCUT2D eigenvalue weighted by Gasteiger charge is -2.27. The molecule has 1 aromatic rings. The normalized spacial score (nSPS) is 23.0. The van der Waals surface area contributed by atoms with Crippen molar-refractivity contribution in [1.82, 2.24) is 20.4 Å². The van der Waals surface area contributed by atoms with Crippen molar-refractivity contribution in [2.45, 2.75) is 58.5 Å². The van der Waals surface area contributed by atoms with Crippen LogP contribution in [-0.4, -0.2) is 40.5 Å². The van der Waals surface area contributed by atoms with Gasteiger partial charge in [-0.15, -0.1) is 24.0 Å². The van der Waals surface area contributed by atoms with Crippen LogP contribution in [0, 0.1) is 11.8 Å². The van der Waals surface area contributed by atoms with Crippen molar-refractivity contribution in [3.63, 3.8) is 0 Å². The number of hydrogen-bond donors (Lipinski definition) is 3. The SMILES string of the molecule is CCNC(=NCC(C)(O)c1cnn(C)c1)NCCC1CCCC(C)C1.I. The lowest BCUT2D eigenvalue weighted by atomic mass is 9.81. The molecule has 3 unspecified atom stereocenters. The number of aliphatic imine (C=N–C) groups is 1. The van der Waals surface area contributed by atoms with Crippen LogP contribution >= 0.6 is 24.0 Å². The van der Waals surface area contributed by atoms with Gasteiger partial charge in [-0.2, -0.15) is 5.10 Å². The Morgan fingerprint density at radius 1 is 1.42 bits per heavy atom. The predicted octanol–water partition coefficient (Wildman–Crippen LogP) is 3.02. The Morgan fingerprint density at radius 2 is 2.19 bits per heavy atom. The molecular formula is C19H36IN5O. The molecule has 1 heterocycles. The molecule has 1 aromatic heterocycles. The Kier molecular flexibility index (Phi) is 9.92. The summed E-state index contributed by atoms with van der Waals surface area (Å²) in [5.74, 6) is 2.48. The van der Waals surface area contributed by atoms with Gasteiger partial charge in [0.2, 0.25) is 0 Å². The zero-order valence-corrected chi connectivity index (χ0v) is 19.0. The second-order valence-corrected chi connectivity index (χ2v) is 7.72. The van der Waals surface area contributed by atoms with Crippen molar-refractivity contribution in [3.8, 4) is 0 Å². The minimum absolute atomic E-state index is 0. The predicted molar refractivity (Wildman–Crippen MR) is 118 cm³/mol. The zero-order chi connectivity index (χ0) is 18.3. The first kappa shape index (κ1) is 23.2. The number of nitrogens with zero attached hydrogens (tertiary/aromatic N) is 3. The van der Waals surface area contributed by atoms with Crippen molar-refractivity contribution < 1.29 is 5.11 Å². The number of rotatable bonds is 7. The molecule has 6 nitrogen and oxygen atoms in total. The molecule has 0 aromatic carbocycles. The highest BCUT2D eigenvalue weighted by Crippen LogP contribution is 2.30. The van der Waals surface area contributed by atoms with Crippen LogP contribution in [0.25, 0.3) is 0 Å². The van der Waals surface area contributed by atoms with Crippen LogP contribution in [0.3, 0.4) is 0 Å². The monoisotopic (exact) mass is 477 g/mol. The third-order valence-corrected chi connectivity index (χ3v) is 5.11. The average Bonchev–Trinajstić information content (AvgIpc) is 3.00. The van der Waals surface area contributed by atoms with E-state index in [-0.39, 0.29) is 24.0 Å². The van der Waals surface area contributed by atoms with Gasteiger partial charge in [-0.25, -0.2) is 4.99 Å². The highest BCUT2D eigenvalue weighted by atomic mass is 127. The van der Waals surface area contributed by atoms with E-state index in [1.807, 2.05) is 13.2 Å². The number of guanidine groups is 1. The van der Waals surface area contributed by atoms with E-state index >= 15 is 0 Å². The van der Waals surface area contributed by atoms with Crippen molar-refractivity contribution in [2.24, 2.45) is 23.9 Å². The van der Waals surface area contributed by atoms with Gasteiger partial charge in [0, 0.05) is 31.9 Å². The minimum Gasteiger partial charge on any atom is -0.383 e. The maximum atomic E-state index is 10.7. The van der Waals surface area contributed by atoms with Crippen molar-refractivity contribution in [3.05, 3.63) is 18.0 Å². The average molecular weight is 477 g/mol. The molecule has 1 aliphatic carbocycles. The molecule has 150 valence electrons. The van der Waals surface area contributed by atoms with Gasteiger partial charge in [0.1, 0.15) is 5.60 Å². The molecule has 0 radical (unpaired) electrons. The van der Waals surface area contributed by atoms with Gasteiger partial charge < -0.3 is 15.7 Å². The zero-order valence-electron chi connectivity index (χ0n) is 16.7. The van der Waals surface area contributed by atoms with Crippen LogP contribution in [0.1, 0.15) is 58.4 Å². The van der Waals surface area contributed by atoms with Crippen LogP contribution in [0.4, 0.5) is 0 Å². The standard InChI is InChI=1S/C19H35N5O.HI/c1-5-20-18(21-10-9-16-8-6-7-15(2)11-16)22-14-19(3,25)17-12-23-24(4)13-17;/h12-13,15-16,25H,5-11,14H2,1-4H3,(H2,20,21,22);1H. The molecule has 0 amide bonds. The summed E-state index contributed by atoms with van der Waals surface area (Å²) >= 11 is 0. The summed E-state index contributed by atoms with van der Waals surface area (Å²) in [4.78, 5) is 4.58. The van der Waals surface area contributed by atoms with Gasteiger partial charge in [0.05, 0.1) is 12.7 Å². The number of aromatic nitrogens is 2. The van der Waals surface area contributed by atoms with Crippen LogP contribution < -0.4 is 10.6 Å². The molecule has 0 bridgehead atoms.